The van der Waals surface area contributed by atoms with Gasteiger partial charge in [-0.05, 0) is 30.3 Å². The van der Waals surface area contributed by atoms with Crippen LogP contribution < -0.4 is 9.80 Å². The Morgan fingerprint density at radius 1 is 1.33 bits per heavy atom. The van der Waals surface area contributed by atoms with Gasteiger partial charge < -0.3 is 19.6 Å². The van der Waals surface area contributed by atoms with Crippen LogP contribution >= 0.6 is 0 Å². The van der Waals surface area contributed by atoms with Crippen molar-refractivity contribution in [3.05, 3.63) is 58.5 Å². The predicted octanol–water partition coefficient (Wildman–Crippen LogP) is 2.75. The van der Waals surface area contributed by atoms with Gasteiger partial charge in [0.1, 0.15) is 24.0 Å². The van der Waals surface area contributed by atoms with Gasteiger partial charge in [-0.15, -0.1) is 0 Å². The Morgan fingerprint density at radius 3 is 2.81 bits per heavy atom. The molecule has 1 N–H and O–H groups in total. The number of aldehydes is 1. The highest BCUT2D eigenvalue weighted by molar-refractivity contribution is 5.84. The van der Waals surface area contributed by atoms with Crippen LogP contribution in [0, 0.1) is 15.9 Å². The number of carbonyl (C=O) groups excluding carboxylic acids is 1. The number of pyridine rings is 1. The molecule has 1 unspecified atom stereocenters. The third kappa shape index (κ3) is 3.71. The molecule has 0 saturated heterocycles. The Bertz CT molecular complexity index is 990. The van der Waals surface area contributed by atoms with Crippen molar-refractivity contribution in [2.45, 2.75) is 6.04 Å². The molecule has 3 aromatic rings. The zero-order chi connectivity index (χ0) is 19.6. The number of nitro groups is 1. The van der Waals surface area contributed by atoms with Gasteiger partial charge in [-0.25, -0.2) is 9.37 Å². The van der Waals surface area contributed by atoms with Crippen molar-refractivity contribution < 1.29 is 14.1 Å². The molecule has 2 aromatic heterocycles. The minimum atomic E-state index is -0.674. The molecule has 27 heavy (non-hydrogen) atoms. The molecular weight excluding hydrogens is 353 g/mol. The lowest BCUT2D eigenvalue weighted by atomic mass is 10.2. The van der Waals surface area contributed by atoms with Gasteiger partial charge in [-0.1, -0.05) is 0 Å². The number of hydrogen-bond donors (Lipinski definition) is 1. The Labute approximate surface area is 154 Å². The summed E-state index contributed by atoms with van der Waals surface area (Å²) in [5.41, 5.74) is 0.602. The average molecular weight is 371 g/mol. The zero-order valence-corrected chi connectivity index (χ0v) is 14.8. The first-order valence-electron chi connectivity index (χ1n) is 8.17. The fourth-order valence-corrected chi connectivity index (χ4v) is 2.89. The van der Waals surface area contributed by atoms with E-state index in [2.05, 4.69) is 9.97 Å². The van der Waals surface area contributed by atoms with E-state index in [4.69, 9.17) is 0 Å². The normalized spacial score (nSPS) is 12.0. The van der Waals surface area contributed by atoms with E-state index in [1.165, 1.54) is 35.4 Å². The van der Waals surface area contributed by atoms with Gasteiger partial charge in [0.15, 0.2) is 0 Å². The molecule has 0 spiro atoms. The molecule has 0 saturated carbocycles. The van der Waals surface area contributed by atoms with Crippen molar-refractivity contribution in [1.82, 2.24) is 9.97 Å². The second-order valence-corrected chi connectivity index (χ2v) is 6.18. The van der Waals surface area contributed by atoms with Gasteiger partial charge in [0.05, 0.1) is 4.92 Å². The van der Waals surface area contributed by atoms with Gasteiger partial charge in [-0.3, -0.25) is 10.1 Å². The number of halogens is 1. The first-order valence-corrected chi connectivity index (χ1v) is 8.17. The van der Waals surface area contributed by atoms with Crippen LogP contribution in [-0.2, 0) is 4.79 Å². The van der Waals surface area contributed by atoms with E-state index in [1.807, 2.05) is 0 Å². The largest absolute Gasteiger partial charge is 0.359 e. The van der Waals surface area contributed by atoms with Gasteiger partial charge >= 0.3 is 5.69 Å². The number of fused-ring (bicyclic) bond motifs is 1. The summed E-state index contributed by atoms with van der Waals surface area (Å²) >= 11 is 0. The number of likely N-dealkylation sites (N-methyl/N-ethyl adjacent to an activating group) is 2. The number of anilines is 2. The van der Waals surface area contributed by atoms with E-state index in [0.717, 1.165) is 11.8 Å². The molecule has 0 bridgehead atoms. The van der Waals surface area contributed by atoms with Gasteiger partial charge in [0, 0.05) is 43.8 Å². The maximum atomic E-state index is 13.4. The van der Waals surface area contributed by atoms with Crippen molar-refractivity contribution in [3.8, 4) is 0 Å². The SMILES string of the molecule is CN(CC(C=O)N(C)c1ncccc1[N+](=O)[O-])c1cc2cc(F)ccc2[nH]1. The second kappa shape index (κ2) is 7.40. The number of nitrogens with zero attached hydrogens (tertiary/aromatic N) is 4. The monoisotopic (exact) mass is 371 g/mol. The van der Waals surface area contributed by atoms with E-state index in [0.29, 0.717) is 11.2 Å². The van der Waals surface area contributed by atoms with Crippen molar-refractivity contribution >= 4 is 34.5 Å². The molecule has 140 valence electrons. The molecule has 0 amide bonds. The summed E-state index contributed by atoms with van der Waals surface area (Å²) in [5, 5.41) is 11.9. The maximum absolute atomic E-state index is 13.4. The summed E-state index contributed by atoms with van der Waals surface area (Å²) in [6.07, 6.45) is 2.16. The number of aromatic nitrogens is 2. The third-order valence-electron chi connectivity index (χ3n) is 4.39. The van der Waals surface area contributed by atoms with Crippen LogP contribution in [0.4, 0.5) is 21.7 Å². The lowest BCUT2D eigenvalue weighted by molar-refractivity contribution is -0.384. The topological polar surface area (TPSA) is 95.4 Å². The molecule has 0 fully saturated rings. The fraction of sp³-hybridized carbons (Fsp3) is 0.222. The Balaban J connectivity index is 1.83. The first-order chi connectivity index (χ1) is 12.9. The van der Waals surface area contributed by atoms with Crippen LogP contribution in [0.25, 0.3) is 10.9 Å². The predicted molar refractivity (Wildman–Crippen MR) is 101 cm³/mol. The average Bonchev–Trinajstić information content (AvgIpc) is 3.08. The molecule has 1 aromatic carbocycles. The fourth-order valence-electron chi connectivity index (χ4n) is 2.89. The van der Waals surface area contributed by atoms with Crippen LogP contribution in [0.15, 0.2) is 42.6 Å². The Hall–Kier alpha value is -3.49. The number of hydrogen-bond acceptors (Lipinski definition) is 6. The molecule has 0 aliphatic rings. The van der Waals surface area contributed by atoms with Crippen LogP contribution in [0.2, 0.25) is 0 Å². The molecule has 9 heteroatoms. The smallest absolute Gasteiger partial charge is 0.311 e. The van der Waals surface area contributed by atoms with Crippen LogP contribution in [0.3, 0.4) is 0 Å². The van der Waals surface area contributed by atoms with E-state index in [-0.39, 0.29) is 23.9 Å². The van der Waals surface area contributed by atoms with E-state index >= 15 is 0 Å². The van der Waals surface area contributed by atoms with Crippen molar-refractivity contribution in [1.29, 1.82) is 0 Å². The van der Waals surface area contributed by atoms with Crippen molar-refractivity contribution in [3.63, 3.8) is 0 Å². The lowest BCUT2D eigenvalue weighted by Crippen LogP contribution is -2.43. The summed E-state index contributed by atoms with van der Waals surface area (Å²) in [7, 11) is 3.36. The van der Waals surface area contributed by atoms with E-state index in [1.54, 1.807) is 31.1 Å². The van der Waals surface area contributed by atoms with Crippen molar-refractivity contribution in [2.24, 2.45) is 0 Å². The summed E-state index contributed by atoms with van der Waals surface area (Å²) in [6.45, 7) is 0.253. The molecule has 0 radical (unpaired) electrons. The maximum Gasteiger partial charge on any atom is 0.311 e. The summed E-state index contributed by atoms with van der Waals surface area (Å²) in [4.78, 5) is 32.8. The van der Waals surface area contributed by atoms with Crippen LogP contribution in [0.5, 0.6) is 0 Å². The van der Waals surface area contributed by atoms with Gasteiger partial charge in [0.2, 0.25) is 5.82 Å². The minimum absolute atomic E-state index is 0.117. The first kappa shape index (κ1) is 18.3. The minimum Gasteiger partial charge on any atom is -0.359 e. The molecule has 0 aliphatic heterocycles. The number of aromatic amines is 1. The molecule has 0 aliphatic carbocycles. The van der Waals surface area contributed by atoms with E-state index in [9.17, 15) is 19.3 Å². The Morgan fingerprint density at radius 2 is 2.11 bits per heavy atom. The highest BCUT2D eigenvalue weighted by Crippen LogP contribution is 2.26. The molecule has 2 heterocycles. The van der Waals surface area contributed by atoms with E-state index < -0.39 is 11.0 Å². The number of nitrogens with one attached hydrogen (secondary N) is 1. The lowest BCUT2D eigenvalue weighted by Gasteiger charge is -2.28. The molecule has 1 atom stereocenters. The summed E-state index contributed by atoms with van der Waals surface area (Å²) < 4.78 is 13.4. The number of H-pyrrole nitrogens is 1. The van der Waals surface area contributed by atoms with Crippen LogP contribution in [0.1, 0.15) is 0 Å². The number of benzene rings is 1. The molecule has 3 rings (SSSR count). The standard InChI is InChI=1S/C18H18FN5O3/c1-22(17-9-12-8-13(19)5-6-15(12)21-17)10-14(11-25)23(2)18-16(24(26)27)4-3-7-20-18/h3-9,11,14,21H,10H2,1-2H3. The van der Waals surface area contributed by atoms with Crippen molar-refractivity contribution in [2.75, 3.05) is 30.4 Å². The quantitative estimate of drug-likeness (QED) is 0.390. The van der Waals surface area contributed by atoms with Crippen LogP contribution in [-0.4, -0.2) is 47.9 Å². The highest BCUT2D eigenvalue weighted by atomic mass is 19.1. The third-order valence-corrected chi connectivity index (χ3v) is 4.39. The van der Waals surface area contributed by atoms with Gasteiger partial charge in [0.25, 0.3) is 0 Å². The molecular formula is C18H18FN5O3. The number of rotatable bonds is 7. The second-order valence-electron chi connectivity index (χ2n) is 6.18. The highest BCUT2D eigenvalue weighted by Gasteiger charge is 2.25. The summed E-state index contributed by atoms with van der Waals surface area (Å²) in [5.74, 6) is 0.488. The number of carbonyl (C=O) groups is 1. The Kier molecular flexibility index (Phi) is 5.02. The van der Waals surface area contributed by atoms with Gasteiger partial charge in [-0.2, -0.15) is 0 Å². The molecule has 8 nitrogen and oxygen atoms in total. The zero-order valence-electron chi connectivity index (χ0n) is 14.8. The summed E-state index contributed by atoms with van der Waals surface area (Å²) in [6, 6.07) is 8.35.